The maximum absolute atomic E-state index is 11.5. The number of unbranched alkanes of at least 4 members (excludes halogenated alkanes) is 2. The zero-order chi connectivity index (χ0) is 14.9. The molecule has 0 aliphatic carbocycles. The maximum Gasteiger partial charge on any atom is 0.316 e. The summed E-state index contributed by atoms with van der Waals surface area (Å²) in [5.41, 5.74) is 0.971. The Kier molecular flexibility index (Phi) is 6.27. The molecule has 0 spiro atoms. The van der Waals surface area contributed by atoms with E-state index in [4.69, 9.17) is 4.74 Å². The van der Waals surface area contributed by atoms with Crippen LogP contribution in [0.25, 0.3) is 11.4 Å². The van der Waals surface area contributed by atoms with Crippen molar-refractivity contribution in [2.75, 3.05) is 12.4 Å². The van der Waals surface area contributed by atoms with E-state index in [2.05, 4.69) is 22.1 Å². The summed E-state index contributed by atoms with van der Waals surface area (Å²) in [7, 11) is 0. The maximum atomic E-state index is 11.5. The Bertz CT molecular complexity index is 557. The standard InChI is InChI=1S/C15H19N3O2S/c1-2-3-7-10-20-13(19)11-21-15-16-14(17-18-15)12-8-5-4-6-9-12/h4-6,8-9H,2-3,7,10-11H2,1H3,(H,16,17,18). The van der Waals surface area contributed by atoms with Crippen molar-refractivity contribution >= 4 is 17.7 Å². The molecule has 0 saturated heterocycles. The normalized spacial score (nSPS) is 10.5. The molecule has 0 amide bonds. The largest absolute Gasteiger partial charge is 0.465 e. The number of carbonyl (C=O) groups excluding carboxylic acids is 1. The fourth-order valence-corrected chi connectivity index (χ4v) is 2.34. The van der Waals surface area contributed by atoms with Gasteiger partial charge in [-0.25, -0.2) is 4.98 Å². The number of hydrogen-bond acceptors (Lipinski definition) is 5. The molecule has 1 heterocycles. The minimum absolute atomic E-state index is 0.220. The fourth-order valence-electron chi connectivity index (χ4n) is 1.74. The lowest BCUT2D eigenvalue weighted by Gasteiger charge is -2.02. The molecule has 0 fully saturated rings. The van der Waals surface area contributed by atoms with Crippen LogP contribution < -0.4 is 0 Å². The quantitative estimate of drug-likeness (QED) is 0.460. The highest BCUT2D eigenvalue weighted by Gasteiger charge is 2.09. The van der Waals surface area contributed by atoms with Crippen LogP contribution in [0.15, 0.2) is 35.5 Å². The Hall–Kier alpha value is -1.82. The Balaban J connectivity index is 1.77. The van der Waals surface area contributed by atoms with Gasteiger partial charge in [0.15, 0.2) is 5.82 Å². The molecule has 1 aromatic heterocycles. The summed E-state index contributed by atoms with van der Waals surface area (Å²) in [4.78, 5) is 15.9. The third-order valence-electron chi connectivity index (χ3n) is 2.84. The van der Waals surface area contributed by atoms with Gasteiger partial charge in [-0.15, -0.1) is 5.10 Å². The number of aromatic nitrogens is 3. The van der Waals surface area contributed by atoms with Crippen molar-refractivity contribution in [3.63, 3.8) is 0 Å². The van der Waals surface area contributed by atoms with E-state index < -0.39 is 0 Å². The third-order valence-corrected chi connectivity index (χ3v) is 3.66. The first-order valence-electron chi connectivity index (χ1n) is 7.06. The smallest absolute Gasteiger partial charge is 0.316 e. The molecular formula is C15H19N3O2S. The lowest BCUT2D eigenvalue weighted by molar-refractivity contribution is -0.140. The number of rotatable bonds is 8. The van der Waals surface area contributed by atoms with Crippen LogP contribution in [0.5, 0.6) is 0 Å². The van der Waals surface area contributed by atoms with Crippen molar-refractivity contribution in [1.29, 1.82) is 0 Å². The van der Waals surface area contributed by atoms with Gasteiger partial charge in [-0.1, -0.05) is 61.9 Å². The average molecular weight is 305 g/mol. The molecule has 2 aromatic rings. The summed E-state index contributed by atoms with van der Waals surface area (Å²) in [5.74, 6) is 0.717. The molecule has 0 aliphatic heterocycles. The SMILES string of the molecule is CCCCCOC(=O)CSc1n[nH]c(-c2ccccc2)n1. The fraction of sp³-hybridized carbons (Fsp3) is 0.400. The second kappa shape index (κ2) is 8.46. The molecule has 112 valence electrons. The van der Waals surface area contributed by atoms with Crippen molar-refractivity contribution in [1.82, 2.24) is 15.2 Å². The van der Waals surface area contributed by atoms with Crippen LogP contribution in [-0.2, 0) is 9.53 Å². The van der Waals surface area contributed by atoms with Crippen LogP contribution in [0.2, 0.25) is 0 Å². The number of ether oxygens (including phenoxy) is 1. The minimum atomic E-state index is -0.220. The monoisotopic (exact) mass is 305 g/mol. The van der Waals surface area contributed by atoms with Gasteiger partial charge >= 0.3 is 5.97 Å². The van der Waals surface area contributed by atoms with Gasteiger partial charge in [0, 0.05) is 5.56 Å². The molecule has 0 bridgehead atoms. The van der Waals surface area contributed by atoms with Gasteiger partial charge in [0.2, 0.25) is 5.16 Å². The predicted molar refractivity (Wildman–Crippen MR) is 83.0 cm³/mol. The van der Waals surface area contributed by atoms with Gasteiger partial charge in [0.25, 0.3) is 0 Å². The molecule has 21 heavy (non-hydrogen) atoms. The number of esters is 1. The van der Waals surface area contributed by atoms with E-state index in [-0.39, 0.29) is 11.7 Å². The van der Waals surface area contributed by atoms with Crippen LogP contribution in [0, 0.1) is 0 Å². The number of hydrogen-bond donors (Lipinski definition) is 1. The molecular weight excluding hydrogens is 286 g/mol. The second-order valence-electron chi connectivity index (χ2n) is 4.55. The Morgan fingerprint density at radius 2 is 2.10 bits per heavy atom. The molecule has 0 saturated carbocycles. The van der Waals surface area contributed by atoms with Crippen molar-refractivity contribution in [2.24, 2.45) is 0 Å². The van der Waals surface area contributed by atoms with Crippen molar-refractivity contribution in [3.8, 4) is 11.4 Å². The summed E-state index contributed by atoms with van der Waals surface area (Å²) >= 11 is 1.28. The molecule has 5 nitrogen and oxygen atoms in total. The summed E-state index contributed by atoms with van der Waals surface area (Å²) in [6.07, 6.45) is 3.12. The molecule has 2 rings (SSSR count). The molecule has 1 N–H and O–H groups in total. The first-order chi connectivity index (χ1) is 10.3. The lowest BCUT2D eigenvalue weighted by atomic mass is 10.2. The molecule has 1 aromatic carbocycles. The van der Waals surface area contributed by atoms with E-state index in [1.807, 2.05) is 30.3 Å². The van der Waals surface area contributed by atoms with E-state index in [1.165, 1.54) is 11.8 Å². The zero-order valence-electron chi connectivity index (χ0n) is 12.0. The van der Waals surface area contributed by atoms with E-state index in [0.717, 1.165) is 24.8 Å². The molecule has 0 atom stereocenters. The van der Waals surface area contributed by atoms with E-state index in [9.17, 15) is 4.79 Å². The first kappa shape index (κ1) is 15.6. The second-order valence-corrected chi connectivity index (χ2v) is 5.49. The third kappa shape index (κ3) is 5.23. The summed E-state index contributed by atoms with van der Waals surface area (Å²) in [6.45, 7) is 2.61. The van der Waals surface area contributed by atoms with E-state index >= 15 is 0 Å². The van der Waals surface area contributed by atoms with Crippen LogP contribution in [0.4, 0.5) is 0 Å². The lowest BCUT2D eigenvalue weighted by Crippen LogP contribution is -2.08. The molecule has 0 radical (unpaired) electrons. The number of aromatic amines is 1. The molecule has 0 unspecified atom stereocenters. The minimum Gasteiger partial charge on any atom is -0.465 e. The number of benzene rings is 1. The Morgan fingerprint density at radius 1 is 1.29 bits per heavy atom. The highest BCUT2D eigenvalue weighted by Crippen LogP contribution is 2.18. The highest BCUT2D eigenvalue weighted by molar-refractivity contribution is 7.99. The first-order valence-corrected chi connectivity index (χ1v) is 8.04. The van der Waals surface area contributed by atoms with Gasteiger partial charge in [0.1, 0.15) is 0 Å². The van der Waals surface area contributed by atoms with Crippen LogP contribution in [0.3, 0.4) is 0 Å². The van der Waals surface area contributed by atoms with Gasteiger partial charge in [-0.3, -0.25) is 9.89 Å². The van der Waals surface area contributed by atoms with Gasteiger partial charge in [0.05, 0.1) is 12.4 Å². The highest BCUT2D eigenvalue weighted by atomic mass is 32.2. The summed E-state index contributed by atoms with van der Waals surface area (Å²) < 4.78 is 5.13. The average Bonchev–Trinajstić information content (AvgIpc) is 2.99. The zero-order valence-corrected chi connectivity index (χ0v) is 12.9. The van der Waals surface area contributed by atoms with E-state index in [0.29, 0.717) is 17.6 Å². The number of nitrogens with one attached hydrogen (secondary N) is 1. The summed E-state index contributed by atoms with van der Waals surface area (Å²) in [5, 5.41) is 7.52. The molecule has 0 aliphatic rings. The van der Waals surface area contributed by atoms with Crippen LogP contribution in [0.1, 0.15) is 26.2 Å². The molecule has 6 heteroatoms. The number of H-pyrrole nitrogens is 1. The Morgan fingerprint density at radius 3 is 2.86 bits per heavy atom. The number of nitrogens with zero attached hydrogens (tertiary/aromatic N) is 2. The van der Waals surface area contributed by atoms with Crippen molar-refractivity contribution in [3.05, 3.63) is 30.3 Å². The number of thioether (sulfide) groups is 1. The topological polar surface area (TPSA) is 67.9 Å². The van der Waals surface area contributed by atoms with Gasteiger partial charge in [-0.05, 0) is 6.42 Å². The van der Waals surface area contributed by atoms with Crippen LogP contribution in [-0.4, -0.2) is 33.5 Å². The van der Waals surface area contributed by atoms with Crippen LogP contribution >= 0.6 is 11.8 Å². The van der Waals surface area contributed by atoms with Crippen molar-refractivity contribution < 1.29 is 9.53 Å². The summed E-state index contributed by atoms with van der Waals surface area (Å²) in [6, 6.07) is 9.74. The number of carbonyl (C=O) groups is 1. The Labute approximate surface area is 128 Å². The van der Waals surface area contributed by atoms with Crippen molar-refractivity contribution in [2.45, 2.75) is 31.3 Å². The van der Waals surface area contributed by atoms with E-state index in [1.54, 1.807) is 0 Å². The van der Waals surface area contributed by atoms with Gasteiger partial charge < -0.3 is 4.74 Å². The van der Waals surface area contributed by atoms with Gasteiger partial charge in [-0.2, -0.15) is 0 Å². The predicted octanol–water partition coefficient (Wildman–Crippen LogP) is 3.30.